The van der Waals surface area contributed by atoms with E-state index in [1.807, 2.05) is 49.5 Å². The molecule has 0 spiro atoms. The predicted molar refractivity (Wildman–Crippen MR) is 148 cm³/mol. The SMILES string of the molecule is CCCCCCCCCCOc1ccc(C=Nc2ccc(C=CC(=O)O)c(C)c2CCCC)cc1. The molecule has 35 heavy (non-hydrogen) atoms. The molecule has 4 nitrogen and oxygen atoms in total. The van der Waals surface area contributed by atoms with Crippen LogP contribution in [0.25, 0.3) is 6.08 Å². The van der Waals surface area contributed by atoms with Gasteiger partial charge in [0.25, 0.3) is 0 Å². The summed E-state index contributed by atoms with van der Waals surface area (Å²) in [6, 6.07) is 12.0. The number of carbonyl (C=O) groups is 1. The number of aliphatic imine (C=N–C) groups is 1. The molecule has 4 heteroatoms. The number of unbranched alkanes of at least 4 members (excludes halogenated alkanes) is 8. The first kappa shape index (κ1) is 28.4. The fourth-order valence-electron chi connectivity index (χ4n) is 4.11. The summed E-state index contributed by atoms with van der Waals surface area (Å²) < 4.78 is 5.91. The van der Waals surface area contributed by atoms with Crippen LogP contribution in [0.5, 0.6) is 5.75 Å². The summed E-state index contributed by atoms with van der Waals surface area (Å²) in [7, 11) is 0. The van der Waals surface area contributed by atoms with E-state index in [4.69, 9.17) is 14.8 Å². The number of benzene rings is 2. The fraction of sp³-hybridized carbons (Fsp3) is 0.484. The molecule has 0 heterocycles. The van der Waals surface area contributed by atoms with Crippen molar-refractivity contribution in [3.63, 3.8) is 0 Å². The predicted octanol–water partition coefficient (Wildman–Crippen LogP) is 8.71. The number of carboxylic acid groups (broad SMARTS) is 1. The smallest absolute Gasteiger partial charge is 0.328 e. The van der Waals surface area contributed by atoms with E-state index >= 15 is 0 Å². The Bertz CT molecular complexity index is 944. The van der Waals surface area contributed by atoms with Crippen LogP contribution in [-0.2, 0) is 11.2 Å². The van der Waals surface area contributed by atoms with Gasteiger partial charge >= 0.3 is 5.97 Å². The van der Waals surface area contributed by atoms with Gasteiger partial charge in [-0.05, 0) is 84.8 Å². The van der Waals surface area contributed by atoms with Gasteiger partial charge in [-0.1, -0.05) is 71.3 Å². The number of hydrogen-bond donors (Lipinski definition) is 1. The zero-order chi connectivity index (χ0) is 25.3. The molecular formula is C31H43NO3. The van der Waals surface area contributed by atoms with E-state index in [1.54, 1.807) is 6.08 Å². The van der Waals surface area contributed by atoms with Crippen LogP contribution in [0.1, 0.15) is 100 Å². The molecule has 2 aromatic rings. The molecule has 0 unspecified atom stereocenters. The first-order chi connectivity index (χ1) is 17.0. The molecule has 0 amide bonds. The monoisotopic (exact) mass is 477 g/mol. The van der Waals surface area contributed by atoms with Crippen molar-refractivity contribution < 1.29 is 14.6 Å². The molecule has 1 N–H and O–H groups in total. The number of hydrogen-bond acceptors (Lipinski definition) is 3. The summed E-state index contributed by atoms with van der Waals surface area (Å²) in [5, 5.41) is 8.96. The van der Waals surface area contributed by atoms with Gasteiger partial charge in [0.2, 0.25) is 0 Å². The van der Waals surface area contributed by atoms with E-state index in [9.17, 15) is 4.79 Å². The Morgan fingerprint density at radius 2 is 1.54 bits per heavy atom. The van der Waals surface area contributed by atoms with Crippen LogP contribution in [0.2, 0.25) is 0 Å². The molecule has 0 aliphatic heterocycles. The molecule has 0 atom stereocenters. The highest BCUT2D eigenvalue weighted by molar-refractivity contribution is 5.86. The number of rotatable bonds is 17. The zero-order valence-electron chi connectivity index (χ0n) is 21.9. The maximum Gasteiger partial charge on any atom is 0.328 e. The fourth-order valence-corrected chi connectivity index (χ4v) is 4.11. The van der Waals surface area contributed by atoms with E-state index in [1.165, 1.54) is 56.6 Å². The highest BCUT2D eigenvalue weighted by Crippen LogP contribution is 2.28. The van der Waals surface area contributed by atoms with Gasteiger partial charge in [0.1, 0.15) is 5.75 Å². The first-order valence-corrected chi connectivity index (χ1v) is 13.4. The lowest BCUT2D eigenvalue weighted by molar-refractivity contribution is -0.131. The van der Waals surface area contributed by atoms with Crippen LogP contribution in [0.3, 0.4) is 0 Å². The van der Waals surface area contributed by atoms with E-state index in [2.05, 4.69) is 13.8 Å². The Morgan fingerprint density at radius 3 is 2.20 bits per heavy atom. The lowest BCUT2D eigenvalue weighted by Gasteiger charge is -2.12. The Kier molecular flexibility index (Phi) is 13.5. The minimum Gasteiger partial charge on any atom is -0.494 e. The molecule has 190 valence electrons. The Balaban J connectivity index is 1.91. The Labute approximate surface area is 212 Å². The molecule has 0 fully saturated rings. The molecular weight excluding hydrogens is 434 g/mol. The van der Waals surface area contributed by atoms with Crippen LogP contribution in [0.4, 0.5) is 5.69 Å². The summed E-state index contributed by atoms with van der Waals surface area (Å²) >= 11 is 0. The lowest BCUT2D eigenvalue weighted by Crippen LogP contribution is -1.97. The van der Waals surface area contributed by atoms with Gasteiger partial charge in [0.05, 0.1) is 12.3 Å². The van der Waals surface area contributed by atoms with Gasteiger partial charge in [0, 0.05) is 12.3 Å². The number of nitrogens with zero attached hydrogens (tertiary/aromatic N) is 1. The van der Waals surface area contributed by atoms with Gasteiger partial charge < -0.3 is 9.84 Å². The zero-order valence-corrected chi connectivity index (χ0v) is 21.9. The summed E-state index contributed by atoms with van der Waals surface area (Å²) in [6.45, 7) is 7.24. The molecule has 0 aromatic heterocycles. The highest BCUT2D eigenvalue weighted by Gasteiger charge is 2.08. The summed E-state index contributed by atoms with van der Waals surface area (Å²) in [4.78, 5) is 15.7. The summed E-state index contributed by atoms with van der Waals surface area (Å²) in [6.07, 6.45) is 18.2. The van der Waals surface area contributed by atoms with E-state index in [0.29, 0.717) is 0 Å². The van der Waals surface area contributed by atoms with E-state index in [-0.39, 0.29) is 0 Å². The number of aliphatic carboxylic acids is 1. The van der Waals surface area contributed by atoms with Crippen molar-refractivity contribution in [1.29, 1.82) is 0 Å². The third-order valence-corrected chi connectivity index (χ3v) is 6.30. The normalized spacial score (nSPS) is 11.5. The Hall–Kier alpha value is -2.88. The quantitative estimate of drug-likeness (QED) is 0.141. The molecule has 2 rings (SSSR count). The van der Waals surface area contributed by atoms with Crippen molar-refractivity contribution in [2.45, 2.75) is 91.4 Å². The van der Waals surface area contributed by atoms with Crippen LogP contribution in [-0.4, -0.2) is 23.9 Å². The van der Waals surface area contributed by atoms with Gasteiger partial charge in [-0.3, -0.25) is 4.99 Å². The molecule has 2 aromatic carbocycles. The van der Waals surface area contributed by atoms with Crippen molar-refractivity contribution >= 4 is 23.9 Å². The van der Waals surface area contributed by atoms with Crippen LogP contribution in [0, 0.1) is 6.92 Å². The van der Waals surface area contributed by atoms with Gasteiger partial charge in [-0.15, -0.1) is 0 Å². The second-order valence-corrected chi connectivity index (χ2v) is 9.20. The highest BCUT2D eigenvalue weighted by atomic mass is 16.5. The third kappa shape index (κ3) is 10.9. The van der Waals surface area contributed by atoms with Crippen LogP contribution >= 0.6 is 0 Å². The minimum atomic E-state index is -0.938. The molecule has 0 aliphatic carbocycles. The Morgan fingerprint density at radius 1 is 0.886 bits per heavy atom. The molecule has 0 radical (unpaired) electrons. The van der Waals surface area contributed by atoms with E-state index < -0.39 is 5.97 Å². The molecule has 0 bridgehead atoms. The topological polar surface area (TPSA) is 58.9 Å². The maximum atomic E-state index is 10.9. The number of carboxylic acids is 1. The van der Waals surface area contributed by atoms with Crippen molar-refractivity contribution in [3.05, 3.63) is 64.7 Å². The average molecular weight is 478 g/mol. The van der Waals surface area contributed by atoms with Crippen molar-refractivity contribution in [3.8, 4) is 5.75 Å². The minimum absolute atomic E-state index is 0.769. The third-order valence-electron chi connectivity index (χ3n) is 6.30. The molecule has 0 aliphatic rings. The summed E-state index contributed by atoms with van der Waals surface area (Å²) in [5.74, 6) is -0.0361. The van der Waals surface area contributed by atoms with Crippen molar-refractivity contribution in [1.82, 2.24) is 0 Å². The van der Waals surface area contributed by atoms with Gasteiger partial charge in [0.15, 0.2) is 0 Å². The van der Waals surface area contributed by atoms with E-state index in [0.717, 1.165) is 60.4 Å². The van der Waals surface area contributed by atoms with Gasteiger partial charge in [-0.2, -0.15) is 0 Å². The van der Waals surface area contributed by atoms with Crippen molar-refractivity contribution in [2.75, 3.05) is 6.61 Å². The standard InChI is InChI=1S/C31H43NO3/c1-4-6-8-9-10-11-12-13-23-35-28-19-15-26(16-20-28)24-32-30-21-17-27(18-22-31(33)34)25(3)29(30)14-7-5-2/h15-22,24H,4-14,23H2,1-3H3,(H,33,34). The van der Waals surface area contributed by atoms with Crippen molar-refractivity contribution in [2.24, 2.45) is 4.99 Å². The average Bonchev–Trinajstić information content (AvgIpc) is 2.86. The van der Waals surface area contributed by atoms with Gasteiger partial charge in [-0.25, -0.2) is 4.79 Å². The van der Waals surface area contributed by atoms with Crippen LogP contribution < -0.4 is 4.74 Å². The van der Waals surface area contributed by atoms with Crippen LogP contribution in [0.15, 0.2) is 47.5 Å². The first-order valence-electron chi connectivity index (χ1n) is 13.4. The lowest BCUT2D eigenvalue weighted by atomic mass is 9.96. The largest absolute Gasteiger partial charge is 0.494 e. The second-order valence-electron chi connectivity index (χ2n) is 9.20. The maximum absolute atomic E-state index is 10.9. The second kappa shape index (κ2) is 16.7. The molecule has 0 saturated heterocycles. The summed E-state index contributed by atoms with van der Waals surface area (Å²) in [5.41, 5.74) is 5.17. The molecule has 0 saturated carbocycles. The number of ether oxygens (including phenoxy) is 1.